The summed E-state index contributed by atoms with van der Waals surface area (Å²) in [4.78, 5) is 0. The molecule has 0 unspecified atom stereocenters. The Kier molecular flexibility index (Phi) is 4.82. The molecule has 1 rings (SSSR count). The van der Waals surface area contributed by atoms with Crippen LogP contribution in [0.5, 0.6) is 5.75 Å². The van der Waals surface area contributed by atoms with E-state index in [-0.39, 0.29) is 5.84 Å². The summed E-state index contributed by atoms with van der Waals surface area (Å²) in [5.74, 6) is 1.32. The summed E-state index contributed by atoms with van der Waals surface area (Å²) in [6, 6.07) is 3.89. The summed E-state index contributed by atoms with van der Waals surface area (Å²) < 4.78 is 5.61. The lowest BCUT2D eigenvalue weighted by molar-refractivity contribution is 0.326. The Hall–Kier alpha value is -1.22. The second kappa shape index (κ2) is 5.92. The van der Waals surface area contributed by atoms with Crippen LogP contribution >= 0.6 is 11.6 Å². The lowest BCUT2D eigenvalue weighted by Crippen LogP contribution is -2.14. The van der Waals surface area contributed by atoms with Crippen molar-refractivity contribution in [2.75, 3.05) is 6.61 Å². The molecule has 0 heterocycles. The van der Waals surface area contributed by atoms with Crippen molar-refractivity contribution in [1.29, 1.82) is 5.41 Å². The van der Waals surface area contributed by atoms with E-state index in [1.807, 2.05) is 19.1 Å². The van der Waals surface area contributed by atoms with Crippen LogP contribution in [0.2, 0.25) is 5.02 Å². The number of hydrogen-bond acceptors (Lipinski definition) is 2. The van der Waals surface area contributed by atoms with Crippen LogP contribution in [0.3, 0.4) is 0 Å². The first-order chi connectivity index (χ1) is 7.91. The second-order valence-electron chi connectivity index (χ2n) is 4.42. The molecule has 0 aromatic heterocycles. The van der Waals surface area contributed by atoms with Crippen LogP contribution in [-0.4, -0.2) is 12.4 Å². The van der Waals surface area contributed by atoms with Crippen molar-refractivity contribution >= 4 is 17.4 Å². The number of hydrogen-bond donors (Lipinski definition) is 2. The number of amidine groups is 1. The molecule has 0 saturated heterocycles. The van der Waals surface area contributed by atoms with E-state index in [4.69, 9.17) is 27.5 Å². The highest BCUT2D eigenvalue weighted by atomic mass is 35.5. The quantitative estimate of drug-likeness (QED) is 0.624. The van der Waals surface area contributed by atoms with Crippen LogP contribution in [0.1, 0.15) is 37.3 Å². The zero-order chi connectivity index (χ0) is 13.0. The summed E-state index contributed by atoms with van der Waals surface area (Å²) in [6.07, 6.45) is 0.444. The molecule has 0 amide bonds. The Morgan fingerprint density at radius 3 is 2.65 bits per heavy atom. The van der Waals surface area contributed by atoms with Crippen molar-refractivity contribution < 1.29 is 4.74 Å². The van der Waals surface area contributed by atoms with Gasteiger partial charge in [0.15, 0.2) is 0 Å². The molecule has 1 aromatic carbocycles. The van der Waals surface area contributed by atoms with Gasteiger partial charge in [0.05, 0.1) is 12.4 Å². The van der Waals surface area contributed by atoms with Crippen molar-refractivity contribution in [2.24, 2.45) is 5.73 Å². The predicted molar refractivity (Wildman–Crippen MR) is 72.3 cm³/mol. The minimum atomic E-state index is 0.140. The fourth-order valence-electron chi connectivity index (χ4n) is 1.54. The van der Waals surface area contributed by atoms with Gasteiger partial charge in [0.1, 0.15) is 5.75 Å². The Bertz CT molecular complexity index is 416. The summed E-state index contributed by atoms with van der Waals surface area (Å²) in [5.41, 5.74) is 7.36. The minimum Gasteiger partial charge on any atom is -0.493 e. The molecule has 0 fully saturated rings. The van der Waals surface area contributed by atoms with Crippen LogP contribution in [0.15, 0.2) is 12.1 Å². The molecule has 94 valence electrons. The van der Waals surface area contributed by atoms with Gasteiger partial charge >= 0.3 is 0 Å². The Morgan fingerprint density at radius 1 is 1.47 bits per heavy atom. The maximum absolute atomic E-state index is 7.14. The van der Waals surface area contributed by atoms with Crippen LogP contribution < -0.4 is 10.5 Å². The third kappa shape index (κ3) is 3.93. The van der Waals surface area contributed by atoms with E-state index in [2.05, 4.69) is 13.8 Å². The van der Waals surface area contributed by atoms with Gasteiger partial charge in [-0.3, -0.25) is 5.41 Å². The second-order valence-corrected chi connectivity index (χ2v) is 4.82. The molecule has 0 aliphatic carbocycles. The number of nitrogens with one attached hydrogen (secondary N) is 1. The van der Waals surface area contributed by atoms with Crippen molar-refractivity contribution in [2.45, 2.75) is 33.1 Å². The predicted octanol–water partition coefficient (Wildman–Crippen LogP) is 3.48. The zero-order valence-corrected chi connectivity index (χ0v) is 11.3. The smallest absolute Gasteiger partial charge is 0.122 e. The number of nitrogens with two attached hydrogens (primary N) is 1. The first kappa shape index (κ1) is 13.8. The highest BCUT2D eigenvalue weighted by Gasteiger charge is 2.10. The van der Waals surface area contributed by atoms with Gasteiger partial charge in [-0.05, 0) is 36.1 Å². The molecule has 0 aliphatic rings. The topological polar surface area (TPSA) is 59.1 Å². The molecule has 17 heavy (non-hydrogen) atoms. The Labute approximate surface area is 107 Å². The van der Waals surface area contributed by atoms with Crippen LogP contribution in [0, 0.1) is 12.3 Å². The molecule has 0 radical (unpaired) electrons. The van der Waals surface area contributed by atoms with E-state index in [0.29, 0.717) is 18.9 Å². The maximum Gasteiger partial charge on any atom is 0.122 e. The first-order valence-electron chi connectivity index (χ1n) is 5.67. The van der Waals surface area contributed by atoms with E-state index >= 15 is 0 Å². The number of aryl methyl sites for hydroxylation is 1. The van der Waals surface area contributed by atoms with Crippen molar-refractivity contribution in [3.05, 3.63) is 28.3 Å². The highest BCUT2D eigenvalue weighted by Crippen LogP contribution is 2.31. The molecule has 0 spiro atoms. The highest BCUT2D eigenvalue weighted by molar-refractivity contribution is 6.31. The normalized spacial score (nSPS) is 10.6. The Balaban J connectivity index is 2.84. The van der Waals surface area contributed by atoms with Crippen LogP contribution in [0.4, 0.5) is 0 Å². The van der Waals surface area contributed by atoms with Crippen LogP contribution in [0.25, 0.3) is 0 Å². The third-order valence-corrected chi connectivity index (χ3v) is 2.87. The van der Waals surface area contributed by atoms with Gasteiger partial charge in [0, 0.05) is 11.4 Å². The molecule has 0 bridgehead atoms. The lowest BCUT2D eigenvalue weighted by atomic mass is 10.0. The lowest BCUT2D eigenvalue weighted by Gasteiger charge is -2.14. The fraction of sp³-hybridized carbons (Fsp3) is 0.462. The monoisotopic (exact) mass is 254 g/mol. The van der Waals surface area contributed by atoms with Crippen molar-refractivity contribution in [3.8, 4) is 5.75 Å². The first-order valence-corrected chi connectivity index (χ1v) is 6.05. The van der Waals surface area contributed by atoms with Gasteiger partial charge in [0.25, 0.3) is 0 Å². The molecule has 1 aromatic rings. The van der Waals surface area contributed by atoms with E-state index in [0.717, 1.165) is 21.9 Å². The molecule has 0 saturated carbocycles. The molecule has 4 heteroatoms. The average Bonchev–Trinajstić information content (AvgIpc) is 2.20. The fourth-order valence-corrected chi connectivity index (χ4v) is 1.97. The van der Waals surface area contributed by atoms with E-state index in [1.54, 1.807) is 0 Å². The summed E-state index contributed by atoms with van der Waals surface area (Å²) in [6.45, 7) is 6.57. The number of ether oxygens (including phenoxy) is 1. The molecule has 3 nitrogen and oxygen atoms in total. The molecular formula is C13H19ClN2O. The Morgan fingerprint density at radius 2 is 2.12 bits per heavy atom. The van der Waals surface area contributed by atoms with E-state index in [9.17, 15) is 0 Å². The third-order valence-electron chi connectivity index (χ3n) is 2.55. The number of halogens is 1. The molecule has 0 atom stereocenters. The van der Waals surface area contributed by atoms with Gasteiger partial charge in [-0.1, -0.05) is 25.4 Å². The maximum atomic E-state index is 7.14. The number of rotatable bonds is 5. The standard InChI is InChI=1S/C13H19ClN2O/c1-8(2)10-7-12(9(3)6-11(10)14)17-5-4-13(15)16/h6-8H,4-5H2,1-3H3,(H3,15,16). The van der Waals surface area contributed by atoms with Gasteiger partial charge < -0.3 is 10.5 Å². The van der Waals surface area contributed by atoms with Gasteiger partial charge in [-0.15, -0.1) is 0 Å². The van der Waals surface area contributed by atoms with Gasteiger partial charge in [0.2, 0.25) is 0 Å². The van der Waals surface area contributed by atoms with E-state index < -0.39 is 0 Å². The number of benzene rings is 1. The molecular weight excluding hydrogens is 236 g/mol. The molecule has 0 aliphatic heterocycles. The van der Waals surface area contributed by atoms with Gasteiger partial charge in [-0.2, -0.15) is 0 Å². The van der Waals surface area contributed by atoms with Crippen LogP contribution in [-0.2, 0) is 0 Å². The van der Waals surface area contributed by atoms with Crippen molar-refractivity contribution in [3.63, 3.8) is 0 Å². The average molecular weight is 255 g/mol. The van der Waals surface area contributed by atoms with Crippen molar-refractivity contribution in [1.82, 2.24) is 0 Å². The minimum absolute atomic E-state index is 0.140. The summed E-state index contributed by atoms with van der Waals surface area (Å²) in [5, 5.41) is 7.91. The molecule has 3 N–H and O–H groups in total. The largest absolute Gasteiger partial charge is 0.493 e. The van der Waals surface area contributed by atoms with E-state index in [1.165, 1.54) is 0 Å². The SMILES string of the molecule is Cc1cc(Cl)c(C(C)C)cc1OCCC(=N)N. The van der Waals surface area contributed by atoms with Gasteiger partial charge in [-0.25, -0.2) is 0 Å². The summed E-state index contributed by atoms with van der Waals surface area (Å²) in [7, 11) is 0. The summed E-state index contributed by atoms with van der Waals surface area (Å²) >= 11 is 6.17. The zero-order valence-electron chi connectivity index (χ0n) is 10.5.